The summed E-state index contributed by atoms with van der Waals surface area (Å²) in [4.78, 5) is 14.7. The number of nitrogens with zero attached hydrogens (tertiary/aromatic N) is 2. The SMILES string of the molecule is O=C(NCCc1ccccc1)N1CCn2cccc2[C@H]1c1ccc(F)cc1. The van der Waals surface area contributed by atoms with Crippen LogP contribution in [0.3, 0.4) is 0 Å². The van der Waals surface area contributed by atoms with Crippen molar-refractivity contribution in [2.75, 3.05) is 13.1 Å². The minimum absolute atomic E-state index is 0.0901. The lowest BCUT2D eigenvalue weighted by atomic mass is 10.0. The van der Waals surface area contributed by atoms with Crippen molar-refractivity contribution < 1.29 is 9.18 Å². The highest BCUT2D eigenvalue weighted by atomic mass is 19.1. The second-order valence-electron chi connectivity index (χ2n) is 6.74. The molecule has 0 saturated carbocycles. The van der Waals surface area contributed by atoms with Gasteiger partial charge in [0.25, 0.3) is 0 Å². The first kappa shape index (κ1) is 17.3. The number of hydrogen-bond donors (Lipinski definition) is 1. The van der Waals surface area contributed by atoms with Gasteiger partial charge in [-0.15, -0.1) is 0 Å². The molecule has 4 nitrogen and oxygen atoms in total. The number of benzene rings is 2. The van der Waals surface area contributed by atoms with E-state index in [0.717, 1.165) is 24.2 Å². The molecule has 2 amide bonds. The van der Waals surface area contributed by atoms with Crippen LogP contribution in [0.5, 0.6) is 0 Å². The number of amides is 2. The Kier molecular flexibility index (Phi) is 4.92. The van der Waals surface area contributed by atoms with Crippen LogP contribution >= 0.6 is 0 Å². The third-order valence-electron chi connectivity index (χ3n) is 5.02. The predicted molar refractivity (Wildman–Crippen MR) is 103 cm³/mol. The molecule has 0 spiro atoms. The lowest BCUT2D eigenvalue weighted by Gasteiger charge is -2.37. The molecule has 3 aromatic rings. The Morgan fingerprint density at radius 2 is 1.78 bits per heavy atom. The second-order valence-corrected chi connectivity index (χ2v) is 6.74. The van der Waals surface area contributed by atoms with E-state index >= 15 is 0 Å². The van der Waals surface area contributed by atoms with E-state index in [1.165, 1.54) is 17.7 Å². The Morgan fingerprint density at radius 1 is 1.00 bits per heavy atom. The van der Waals surface area contributed by atoms with E-state index in [-0.39, 0.29) is 17.9 Å². The molecule has 138 valence electrons. The zero-order valence-electron chi connectivity index (χ0n) is 15.0. The summed E-state index contributed by atoms with van der Waals surface area (Å²) in [5.74, 6) is -0.274. The highest BCUT2D eigenvalue weighted by Gasteiger charge is 2.31. The van der Waals surface area contributed by atoms with E-state index in [1.807, 2.05) is 41.4 Å². The van der Waals surface area contributed by atoms with E-state index in [2.05, 4.69) is 22.0 Å². The average molecular weight is 363 g/mol. The number of fused-ring (bicyclic) bond motifs is 1. The number of urea groups is 1. The number of halogens is 1. The predicted octanol–water partition coefficient (Wildman–Crippen LogP) is 3.98. The molecule has 1 atom stereocenters. The molecule has 0 unspecified atom stereocenters. The molecule has 1 aliphatic rings. The number of rotatable bonds is 4. The Balaban J connectivity index is 1.51. The van der Waals surface area contributed by atoms with Gasteiger partial charge in [-0.25, -0.2) is 9.18 Å². The quantitative estimate of drug-likeness (QED) is 0.748. The molecule has 2 aromatic carbocycles. The van der Waals surface area contributed by atoms with Gasteiger partial charge in [0.05, 0.1) is 6.04 Å². The minimum atomic E-state index is -0.274. The number of aromatic nitrogens is 1. The monoisotopic (exact) mass is 363 g/mol. The molecule has 5 heteroatoms. The van der Waals surface area contributed by atoms with Crippen LogP contribution in [-0.4, -0.2) is 28.6 Å². The van der Waals surface area contributed by atoms with Crippen molar-refractivity contribution in [2.45, 2.75) is 19.0 Å². The van der Waals surface area contributed by atoms with Crippen LogP contribution in [0.25, 0.3) is 0 Å². The van der Waals surface area contributed by atoms with Crippen LogP contribution in [0.1, 0.15) is 22.9 Å². The molecule has 4 rings (SSSR count). The summed E-state index contributed by atoms with van der Waals surface area (Å²) in [5, 5.41) is 3.04. The van der Waals surface area contributed by atoms with Crippen LogP contribution in [0, 0.1) is 5.82 Å². The maximum Gasteiger partial charge on any atom is 0.318 e. The highest BCUT2D eigenvalue weighted by Crippen LogP contribution is 2.32. The Bertz CT molecular complexity index is 905. The van der Waals surface area contributed by atoms with Crippen LogP contribution in [-0.2, 0) is 13.0 Å². The third kappa shape index (κ3) is 3.72. The summed E-state index contributed by atoms with van der Waals surface area (Å²) < 4.78 is 15.5. The van der Waals surface area contributed by atoms with Crippen molar-refractivity contribution >= 4 is 6.03 Å². The zero-order chi connectivity index (χ0) is 18.6. The molecular formula is C22H22FN3O. The van der Waals surface area contributed by atoms with Gasteiger partial charge in [0, 0.05) is 31.5 Å². The van der Waals surface area contributed by atoms with Crippen molar-refractivity contribution in [1.29, 1.82) is 0 Å². The lowest BCUT2D eigenvalue weighted by molar-refractivity contribution is 0.169. The molecule has 0 fully saturated rings. The molecule has 0 aliphatic carbocycles. The van der Waals surface area contributed by atoms with Crippen molar-refractivity contribution in [2.24, 2.45) is 0 Å². The van der Waals surface area contributed by atoms with Crippen molar-refractivity contribution in [3.8, 4) is 0 Å². The Labute approximate surface area is 158 Å². The maximum absolute atomic E-state index is 13.4. The van der Waals surface area contributed by atoms with Gasteiger partial charge in [-0.3, -0.25) is 0 Å². The standard InChI is InChI=1S/C22H22FN3O/c23-19-10-8-18(9-11-19)21-20-7-4-14-25(20)15-16-26(21)22(27)24-13-12-17-5-2-1-3-6-17/h1-11,14,21H,12-13,15-16H2,(H,24,27)/t21-/m1/s1. The van der Waals surface area contributed by atoms with Gasteiger partial charge in [-0.1, -0.05) is 42.5 Å². The molecular weight excluding hydrogens is 341 g/mol. The van der Waals surface area contributed by atoms with Gasteiger partial charge in [-0.05, 0) is 41.8 Å². The van der Waals surface area contributed by atoms with Gasteiger partial charge in [0.2, 0.25) is 0 Å². The first-order valence-corrected chi connectivity index (χ1v) is 9.21. The number of hydrogen-bond acceptors (Lipinski definition) is 1. The van der Waals surface area contributed by atoms with Crippen molar-refractivity contribution in [3.63, 3.8) is 0 Å². The van der Waals surface area contributed by atoms with E-state index < -0.39 is 0 Å². The topological polar surface area (TPSA) is 37.3 Å². The van der Waals surface area contributed by atoms with Crippen molar-refractivity contribution in [3.05, 3.63) is 95.6 Å². The normalized spacial score (nSPS) is 16.0. The number of nitrogens with one attached hydrogen (secondary N) is 1. The fourth-order valence-corrected chi connectivity index (χ4v) is 3.66. The van der Waals surface area contributed by atoms with E-state index in [0.29, 0.717) is 13.1 Å². The van der Waals surface area contributed by atoms with Crippen LogP contribution in [0.15, 0.2) is 72.9 Å². The number of carbonyl (C=O) groups is 1. The zero-order valence-corrected chi connectivity index (χ0v) is 15.0. The number of carbonyl (C=O) groups excluding carboxylic acids is 1. The van der Waals surface area contributed by atoms with E-state index in [1.54, 1.807) is 12.1 Å². The summed E-state index contributed by atoms with van der Waals surface area (Å²) in [6.45, 7) is 1.95. The largest absolute Gasteiger partial charge is 0.348 e. The van der Waals surface area contributed by atoms with Crippen molar-refractivity contribution in [1.82, 2.24) is 14.8 Å². The average Bonchev–Trinajstić information content (AvgIpc) is 3.17. The first-order valence-electron chi connectivity index (χ1n) is 9.21. The smallest absolute Gasteiger partial charge is 0.318 e. The lowest BCUT2D eigenvalue weighted by Crippen LogP contribution is -2.47. The van der Waals surface area contributed by atoms with Gasteiger partial charge < -0.3 is 14.8 Å². The summed E-state index contributed by atoms with van der Waals surface area (Å²) in [7, 11) is 0. The van der Waals surface area contributed by atoms with Crippen LogP contribution in [0.2, 0.25) is 0 Å². The molecule has 0 saturated heterocycles. The van der Waals surface area contributed by atoms with Crippen LogP contribution < -0.4 is 5.32 Å². The third-order valence-corrected chi connectivity index (χ3v) is 5.02. The summed E-state index contributed by atoms with van der Waals surface area (Å²) >= 11 is 0. The fraction of sp³-hybridized carbons (Fsp3) is 0.227. The molecule has 27 heavy (non-hydrogen) atoms. The molecule has 1 aliphatic heterocycles. The minimum Gasteiger partial charge on any atom is -0.348 e. The van der Waals surface area contributed by atoms with E-state index in [4.69, 9.17) is 0 Å². The molecule has 1 aromatic heterocycles. The molecule has 1 N–H and O–H groups in total. The maximum atomic E-state index is 13.4. The fourth-order valence-electron chi connectivity index (χ4n) is 3.66. The van der Waals surface area contributed by atoms with Gasteiger partial charge in [0.1, 0.15) is 5.82 Å². The summed E-state index contributed by atoms with van der Waals surface area (Å²) in [5.41, 5.74) is 3.15. The summed E-state index contributed by atoms with van der Waals surface area (Å²) in [6, 6.07) is 20.2. The summed E-state index contributed by atoms with van der Waals surface area (Å²) in [6.07, 6.45) is 2.81. The second kappa shape index (κ2) is 7.66. The highest BCUT2D eigenvalue weighted by molar-refractivity contribution is 5.75. The molecule has 2 heterocycles. The molecule has 0 radical (unpaired) electrons. The first-order chi connectivity index (χ1) is 13.2. The van der Waals surface area contributed by atoms with Gasteiger partial charge >= 0.3 is 6.03 Å². The van der Waals surface area contributed by atoms with Crippen LogP contribution in [0.4, 0.5) is 9.18 Å². The Hall–Kier alpha value is -3.08. The Morgan fingerprint density at radius 3 is 2.56 bits per heavy atom. The van der Waals surface area contributed by atoms with Gasteiger partial charge in [-0.2, -0.15) is 0 Å². The van der Waals surface area contributed by atoms with Gasteiger partial charge in [0.15, 0.2) is 0 Å². The molecule has 0 bridgehead atoms. The van der Waals surface area contributed by atoms with E-state index in [9.17, 15) is 9.18 Å².